The molecule has 2 saturated carbocycles. The van der Waals surface area contributed by atoms with Gasteiger partial charge in [-0.25, -0.2) is 4.79 Å². The molecule has 2 aliphatic rings. The van der Waals surface area contributed by atoms with Gasteiger partial charge in [0.25, 0.3) is 0 Å². The standard InChI is InChI=1S/C24H35NO4S/c1-28-21-13-11-18(12-14-21)15-29-24(27)22(25-23(26)20-9-5-6-10-20)17-30-16-19-7-3-2-4-8-19/h11-14,19-20,22H,2-10,15-17H2,1H3,(H,25,26)/t22-/m0/s1. The van der Waals surface area contributed by atoms with Gasteiger partial charge in [-0.15, -0.1) is 0 Å². The lowest BCUT2D eigenvalue weighted by Gasteiger charge is -2.23. The van der Waals surface area contributed by atoms with E-state index >= 15 is 0 Å². The average Bonchev–Trinajstić information content (AvgIpc) is 3.33. The molecule has 0 bridgehead atoms. The van der Waals surface area contributed by atoms with Crippen LogP contribution in [-0.2, 0) is 20.9 Å². The van der Waals surface area contributed by atoms with Crippen molar-refractivity contribution in [3.8, 4) is 5.75 Å². The summed E-state index contributed by atoms with van der Waals surface area (Å²) in [5, 5.41) is 3.00. The summed E-state index contributed by atoms with van der Waals surface area (Å²) in [6.07, 6.45) is 10.6. The number of rotatable bonds is 10. The molecule has 5 nitrogen and oxygen atoms in total. The second kappa shape index (κ2) is 12.2. The summed E-state index contributed by atoms with van der Waals surface area (Å²) in [4.78, 5) is 25.4. The molecule has 0 aromatic heterocycles. The van der Waals surface area contributed by atoms with Crippen molar-refractivity contribution < 1.29 is 19.1 Å². The molecule has 1 N–H and O–H groups in total. The Bertz CT molecular complexity index is 666. The Hall–Kier alpha value is -1.69. The minimum Gasteiger partial charge on any atom is -0.497 e. The quantitative estimate of drug-likeness (QED) is 0.541. The number of carbonyl (C=O) groups is 2. The van der Waals surface area contributed by atoms with Crippen molar-refractivity contribution >= 4 is 23.6 Å². The molecule has 0 spiro atoms. The summed E-state index contributed by atoms with van der Waals surface area (Å²) in [5.41, 5.74) is 0.903. The normalized spacial score (nSPS) is 18.7. The fraction of sp³-hybridized carbons (Fsp3) is 0.667. The maximum atomic E-state index is 12.8. The monoisotopic (exact) mass is 433 g/mol. The van der Waals surface area contributed by atoms with Gasteiger partial charge in [-0.05, 0) is 55.1 Å². The van der Waals surface area contributed by atoms with Gasteiger partial charge in [-0.2, -0.15) is 11.8 Å². The summed E-state index contributed by atoms with van der Waals surface area (Å²) in [5.74, 6) is 2.87. The van der Waals surface area contributed by atoms with Crippen molar-refractivity contribution in [1.82, 2.24) is 5.32 Å². The highest BCUT2D eigenvalue weighted by Gasteiger charge is 2.28. The molecule has 0 saturated heterocycles. The molecule has 6 heteroatoms. The van der Waals surface area contributed by atoms with Crippen LogP contribution in [0.5, 0.6) is 5.75 Å². The molecule has 1 amide bonds. The minimum atomic E-state index is -0.579. The zero-order valence-corrected chi connectivity index (χ0v) is 18.9. The minimum absolute atomic E-state index is 0.0113. The number of carbonyl (C=O) groups excluding carboxylic acids is 2. The van der Waals surface area contributed by atoms with Crippen LogP contribution in [0.2, 0.25) is 0 Å². The summed E-state index contributed by atoms with van der Waals surface area (Å²) in [6, 6.07) is 6.89. The Labute approximate surface area is 184 Å². The summed E-state index contributed by atoms with van der Waals surface area (Å²) >= 11 is 1.78. The number of benzene rings is 1. The third-order valence-corrected chi connectivity index (χ3v) is 7.51. The summed E-state index contributed by atoms with van der Waals surface area (Å²) in [6.45, 7) is 0.200. The third kappa shape index (κ3) is 7.22. The van der Waals surface area contributed by atoms with Crippen LogP contribution in [-0.4, -0.2) is 36.5 Å². The first-order valence-corrected chi connectivity index (χ1v) is 12.5. The van der Waals surface area contributed by atoms with E-state index in [-0.39, 0.29) is 24.4 Å². The predicted octanol–water partition coefficient (Wildman–Crippen LogP) is 4.73. The molecule has 3 rings (SSSR count). The molecule has 166 valence electrons. The van der Waals surface area contributed by atoms with Crippen LogP contribution >= 0.6 is 11.8 Å². The number of hydrogen-bond donors (Lipinski definition) is 1. The zero-order chi connectivity index (χ0) is 21.2. The van der Waals surface area contributed by atoms with E-state index in [1.807, 2.05) is 24.3 Å². The Morgan fingerprint density at radius 2 is 1.70 bits per heavy atom. The topological polar surface area (TPSA) is 64.6 Å². The number of esters is 1. The van der Waals surface area contributed by atoms with Gasteiger partial charge in [0, 0.05) is 11.7 Å². The van der Waals surface area contributed by atoms with Gasteiger partial charge in [-0.3, -0.25) is 4.79 Å². The van der Waals surface area contributed by atoms with E-state index in [4.69, 9.17) is 9.47 Å². The van der Waals surface area contributed by atoms with E-state index in [1.165, 1.54) is 32.1 Å². The highest BCUT2D eigenvalue weighted by atomic mass is 32.2. The maximum Gasteiger partial charge on any atom is 0.329 e. The molecular weight excluding hydrogens is 398 g/mol. The fourth-order valence-electron chi connectivity index (χ4n) is 4.33. The van der Waals surface area contributed by atoms with E-state index in [9.17, 15) is 9.59 Å². The van der Waals surface area contributed by atoms with E-state index < -0.39 is 6.04 Å². The SMILES string of the molecule is COc1ccc(COC(=O)[C@H](CSCC2CCCCC2)NC(=O)C2CCCC2)cc1. The molecule has 2 fully saturated rings. The van der Waals surface area contributed by atoms with Gasteiger partial charge in [-0.1, -0.05) is 44.2 Å². The molecule has 1 aromatic carbocycles. The maximum absolute atomic E-state index is 12.8. The molecule has 30 heavy (non-hydrogen) atoms. The Morgan fingerprint density at radius 1 is 1.03 bits per heavy atom. The van der Waals surface area contributed by atoms with Crippen molar-refractivity contribution in [2.45, 2.75) is 70.4 Å². The molecular formula is C24H35NO4S. The van der Waals surface area contributed by atoms with Gasteiger partial charge in [0.2, 0.25) is 5.91 Å². The number of amides is 1. The second-order valence-electron chi connectivity index (χ2n) is 8.54. The second-order valence-corrected chi connectivity index (χ2v) is 9.61. The first-order chi connectivity index (χ1) is 14.7. The molecule has 0 radical (unpaired) electrons. The molecule has 2 aliphatic carbocycles. The van der Waals surface area contributed by atoms with Gasteiger partial charge >= 0.3 is 5.97 Å². The zero-order valence-electron chi connectivity index (χ0n) is 18.1. The Morgan fingerprint density at radius 3 is 2.37 bits per heavy atom. The number of thioether (sulfide) groups is 1. The molecule has 1 atom stereocenters. The number of nitrogens with one attached hydrogen (secondary N) is 1. The lowest BCUT2D eigenvalue weighted by Crippen LogP contribution is -2.45. The van der Waals surface area contributed by atoms with Gasteiger partial charge in [0.05, 0.1) is 7.11 Å². The smallest absolute Gasteiger partial charge is 0.329 e. The van der Waals surface area contributed by atoms with E-state index in [2.05, 4.69) is 5.32 Å². The molecule has 0 aliphatic heterocycles. The van der Waals surface area contributed by atoms with Crippen LogP contribution in [0.1, 0.15) is 63.4 Å². The van der Waals surface area contributed by atoms with Crippen LogP contribution < -0.4 is 10.1 Å². The van der Waals surface area contributed by atoms with Crippen molar-refractivity contribution in [1.29, 1.82) is 0 Å². The van der Waals surface area contributed by atoms with Crippen LogP contribution in [0, 0.1) is 11.8 Å². The number of hydrogen-bond acceptors (Lipinski definition) is 5. The summed E-state index contributed by atoms with van der Waals surface area (Å²) < 4.78 is 10.7. The first kappa shape index (κ1) is 23.0. The fourth-order valence-corrected chi connectivity index (χ4v) is 5.59. The highest BCUT2D eigenvalue weighted by molar-refractivity contribution is 7.99. The van der Waals surface area contributed by atoms with E-state index in [0.717, 1.165) is 48.7 Å². The molecule has 0 heterocycles. The molecule has 0 unspecified atom stereocenters. The summed E-state index contributed by atoms with van der Waals surface area (Å²) in [7, 11) is 1.62. The predicted molar refractivity (Wildman–Crippen MR) is 121 cm³/mol. The average molecular weight is 434 g/mol. The highest BCUT2D eigenvalue weighted by Crippen LogP contribution is 2.28. The number of ether oxygens (including phenoxy) is 2. The van der Waals surface area contributed by atoms with Crippen LogP contribution in [0.25, 0.3) is 0 Å². The van der Waals surface area contributed by atoms with Gasteiger partial charge in [0.1, 0.15) is 18.4 Å². The van der Waals surface area contributed by atoms with Crippen molar-refractivity contribution in [2.75, 3.05) is 18.6 Å². The lowest BCUT2D eigenvalue weighted by atomic mass is 9.91. The van der Waals surface area contributed by atoms with Crippen LogP contribution in [0.15, 0.2) is 24.3 Å². The van der Waals surface area contributed by atoms with Crippen molar-refractivity contribution in [2.24, 2.45) is 11.8 Å². The van der Waals surface area contributed by atoms with Gasteiger partial charge < -0.3 is 14.8 Å². The van der Waals surface area contributed by atoms with Crippen LogP contribution in [0.3, 0.4) is 0 Å². The van der Waals surface area contributed by atoms with Crippen LogP contribution in [0.4, 0.5) is 0 Å². The molecule has 1 aromatic rings. The number of methoxy groups -OCH3 is 1. The lowest BCUT2D eigenvalue weighted by molar-refractivity contribution is -0.148. The Kier molecular flexibility index (Phi) is 9.37. The third-order valence-electron chi connectivity index (χ3n) is 6.23. The van der Waals surface area contributed by atoms with Crippen molar-refractivity contribution in [3.05, 3.63) is 29.8 Å². The Balaban J connectivity index is 1.51. The largest absolute Gasteiger partial charge is 0.497 e. The van der Waals surface area contributed by atoms with E-state index in [0.29, 0.717) is 5.75 Å². The van der Waals surface area contributed by atoms with E-state index in [1.54, 1.807) is 18.9 Å². The van der Waals surface area contributed by atoms with Crippen molar-refractivity contribution in [3.63, 3.8) is 0 Å². The first-order valence-electron chi connectivity index (χ1n) is 11.3. The van der Waals surface area contributed by atoms with Gasteiger partial charge in [0.15, 0.2) is 0 Å².